The fourth-order valence-corrected chi connectivity index (χ4v) is 5.16. The lowest BCUT2D eigenvalue weighted by molar-refractivity contribution is -0.189. The molecule has 1 aromatic heterocycles. The van der Waals surface area contributed by atoms with Crippen molar-refractivity contribution in [1.82, 2.24) is 9.97 Å². The summed E-state index contributed by atoms with van der Waals surface area (Å²) < 4.78 is 135. The van der Waals surface area contributed by atoms with E-state index in [1.54, 1.807) is 12.4 Å². The Morgan fingerprint density at radius 1 is 0.583 bits per heavy atom. The minimum atomic E-state index is -4.68. The normalized spacial score (nSPS) is 11.6. The zero-order valence-electron chi connectivity index (χ0n) is 25.4. The van der Waals surface area contributed by atoms with Crippen molar-refractivity contribution in [2.45, 2.75) is 51.6 Å². The molecule has 48 heavy (non-hydrogen) atoms. The number of halogens is 9. The minimum absolute atomic E-state index is 0.223. The number of aromatic nitrogens is 2. The summed E-state index contributed by atoms with van der Waals surface area (Å²) in [5, 5.41) is 0. The third-order valence-corrected chi connectivity index (χ3v) is 7.63. The molecule has 5 rings (SSSR count). The first-order valence-corrected chi connectivity index (χ1v) is 15.0. The first kappa shape index (κ1) is 34.5. The van der Waals surface area contributed by atoms with E-state index in [2.05, 4.69) is 21.6 Å². The average molecular weight is 675 g/mol. The summed E-state index contributed by atoms with van der Waals surface area (Å²) in [4.78, 5) is 8.56. The number of rotatable bonds is 12. The predicted octanol–water partition coefficient (Wildman–Crippen LogP) is 11.1. The van der Waals surface area contributed by atoms with Gasteiger partial charge in [-0.05, 0) is 72.0 Å². The molecule has 0 amide bonds. The van der Waals surface area contributed by atoms with Gasteiger partial charge in [0.15, 0.2) is 23.3 Å². The molecule has 5 aromatic rings. The molecular weight excluding hydrogens is 647 g/mol. The molecule has 12 heteroatoms. The maximum atomic E-state index is 15.1. The molecule has 0 N–H and O–H groups in total. The third-order valence-electron chi connectivity index (χ3n) is 7.63. The van der Waals surface area contributed by atoms with Crippen molar-refractivity contribution in [1.29, 1.82) is 0 Å². The molecule has 0 saturated heterocycles. The number of benzene rings is 4. The summed E-state index contributed by atoms with van der Waals surface area (Å²) >= 11 is 0. The fourth-order valence-electron chi connectivity index (χ4n) is 5.16. The summed E-state index contributed by atoms with van der Waals surface area (Å²) in [5.74, 6) is -11.4. The molecule has 0 fully saturated rings. The topological polar surface area (TPSA) is 35.0 Å². The molecule has 4 aromatic carbocycles. The van der Waals surface area contributed by atoms with E-state index in [1.807, 2.05) is 0 Å². The van der Waals surface area contributed by atoms with Crippen molar-refractivity contribution < 1.29 is 44.3 Å². The van der Waals surface area contributed by atoms with E-state index in [0.29, 0.717) is 30.3 Å². The van der Waals surface area contributed by atoms with E-state index in [-0.39, 0.29) is 22.5 Å². The van der Waals surface area contributed by atoms with Gasteiger partial charge in [0, 0.05) is 35.2 Å². The number of nitrogens with zero attached hydrogens (tertiary/aromatic N) is 2. The summed E-state index contributed by atoms with van der Waals surface area (Å²) in [7, 11) is 0. The van der Waals surface area contributed by atoms with E-state index in [1.165, 1.54) is 18.6 Å². The van der Waals surface area contributed by atoms with Gasteiger partial charge >= 0.3 is 6.11 Å². The first-order valence-electron chi connectivity index (χ1n) is 15.0. The minimum Gasteiger partial charge on any atom is -0.429 e. The van der Waals surface area contributed by atoms with E-state index < -0.39 is 69.3 Å². The number of hydrogen-bond acceptors (Lipinski definition) is 3. The zero-order chi connectivity index (χ0) is 34.6. The Morgan fingerprint density at radius 2 is 1.10 bits per heavy atom. The molecule has 0 unspecified atom stereocenters. The Kier molecular flexibility index (Phi) is 10.4. The summed E-state index contributed by atoms with van der Waals surface area (Å²) in [6.07, 6.45) is 4.98. The molecule has 250 valence electrons. The number of hydrogen-bond donors (Lipinski definition) is 0. The number of alkyl halides is 2. The fraction of sp³-hybridized carbons (Fsp3) is 0.222. The molecule has 0 aliphatic carbocycles. The summed E-state index contributed by atoms with van der Waals surface area (Å²) in [6, 6.07) is 7.66. The highest BCUT2D eigenvalue weighted by Crippen LogP contribution is 2.39. The van der Waals surface area contributed by atoms with Crippen molar-refractivity contribution in [3.63, 3.8) is 0 Å². The average Bonchev–Trinajstić information content (AvgIpc) is 3.03. The predicted molar refractivity (Wildman–Crippen MR) is 161 cm³/mol. The molecular formula is C36H27F9N2O. The van der Waals surface area contributed by atoms with Gasteiger partial charge in [-0.25, -0.2) is 40.7 Å². The van der Waals surface area contributed by atoms with Gasteiger partial charge < -0.3 is 4.74 Å². The molecule has 3 nitrogen and oxygen atoms in total. The van der Waals surface area contributed by atoms with Crippen LogP contribution in [0.5, 0.6) is 5.75 Å². The lowest BCUT2D eigenvalue weighted by Crippen LogP contribution is -2.25. The van der Waals surface area contributed by atoms with Crippen LogP contribution in [0.1, 0.15) is 50.2 Å². The lowest BCUT2D eigenvalue weighted by Gasteiger charge is -2.20. The second kappa shape index (κ2) is 14.5. The van der Waals surface area contributed by atoms with Crippen LogP contribution in [0.25, 0.3) is 33.6 Å². The maximum Gasteiger partial charge on any atom is 0.432 e. The van der Waals surface area contributed by atoms with Gasteiger partial charge in [0.1, 0.15) is 34.6 Å². The van der Waals surface area contributed by atoms with Crippen molar-refractivity contribution >= 4 is 0 Å². The Morgan fingerprint density at radius 3 is 1.67 bits per heavy atom. The highest BCUT2D eigenvalue weighted by molar-refractivity contribution is 5.69. The standard InChI is InChI=1S/C36H27F9N2O/c1-2-3-4-5-6-7-20-18-46-35(47-19-20)21-8-10-25(27(37)12-21)22-13-29(39)33(30(40)14-22)36(44,45)48-24-9-11-26(28(38)17-24)23-15-31(41)34(43)32(42)16-23/h8-19H,2-7H2,1H3. The molecule has 0 radical (unpaired) electrons. The Bertz CT molecular complexity index is 1880. The van der Waals surface area contributed by atoms with Gasteiger partial charge in [-0.3, -0.25) is 0 Å². The number of ether oxygens (including phenoxy) is 1. The number of unbranched alkanes of at least 4 members (excludes halogenated alkanes) is 4. The zero-order valence-corrected chi connectivity index (χ0v) is 25.4. The van der Waals surface area contributed by atoms with Crippen molar-refractivity contribution in [3.8, 4) is 39.4 Å². The van der Waals surface area contributed by atoms with Crippen LogP contribution in [0, 0.1) is 40.7 Å². The van der Waals surface area contributed by atoms with Crippen molar-refractivity contribution in [2.75, 3.05) is 0 Å². The van der Waals surface area contributed by atoms with Gasteiger partial charge in [0.25, 0.3) is 0 Å². The summed E-state index contributed by atoms with van der Waals surface area (Å²) in [6.45, 7) is 2.14. The molecule has 0 spiro atoms. The van der Waals surface area contributed by atoms with E-state index in [9.17, 15) is 17.6 Å². The molecule has 0 bridgehead atoms. The quantitative estimate of drug-likeness (QED) is 0.0751. The monoisotopic (exact) mass is 674 g/mol. The Labute approximate surface area is 270 Å². The van der Waals surface area contributed by atoms with Gasteiger partial charge in [0.2, 0.25) is 0 Å². The van der Waals surface area contributed by atoms with Crippen LogP contribution in [0.2, 0.25) is 0 Å². The van der Waals surface area contributed by atoms with E-state index in [4.69, 9.17) is 0 Å². The van der Waals surface area contributed by atoms with Crippen LogP contribution in [-0.2, 0) is 12.5 Å². The van der Waals surface area contributed by atoms with Crippen LogP contribution in [0.15, 0.2) is 73.1 Å². The van der Waals surface area contributed by atoms with E-state index >= 15 is 22.0 Å². The van der Waals surface area contributed by atoms with Gasteiger partial charge in [-0.1, -0.05) is 44.7 Å². The highest BCUT2D eigenvalue weighted by atomic mass is 19.3. The first-order chi connectivity index (χ1) is 22.9. The largest absolute Gasteiger partial charge is 0.432 e. The highest BCUT2D eigenvalue weighted by Gasteiger charge is 2.41. The van der Waals surface area contributed by atoms with Crippen molar-refractivity contribution in [2.24, 2.45) is 0 Å². The smallest absolute Gasteiger partial charge is 0.429 e. The van der Waals surface area contributed by atoms with Gasteiger partial charge in [-0.2, -0.15) is 8.78 Å². The van der Waals surface area contributed by atoms with Gasteiger partial charge in [-0.15, -0.1) is 0 Å². The second-order valence-electron chi connectivity index (χ2n) is 11.1. The van der Waals surface area contributed by atoms with Crippen LogP contribution < -0.4 is 4.74 Å². The summed E-state index contributed by atoms with van der Waals surface area (Å²) in [5.41, 5.74) is -2.21. The van der Waals surface area contributed by atoms with Gasteiger partial charge in [0.05, 0.1) is 0 Å². The van der Waals surface area contributed by atoms with Crippen LogP contribution in [0.3, 0.4) is 0 Å². The SMILES string of the molecule is CCCCCCCc1cnc(-c2ccc(-c3cc(F)c(C(F)(F)Oc4ccc(-c5cc(F)c(F)c(F)c5)c(F)c4)c(F)c3)c(F)c2)nc1. The Hall–Kier alpha value is -4.87. The van der Waals surface area contributed by atoms with Crippen LogP contribution in [-0.4, -0.2) is 9.97 Å². The number of aryl methyl sites for hydroxylation is 1. The van der Waals surface area contributed by atoms with E-state index in [0.717, 1.165) is 55.9 Å². The van der Waals surface area contributed by atoms with Crippen LogP contribution in [0.4, 0.5) is 39.5 Å². The second-order valence-corrected chi connectivity index (χ2v) is 11.1. The Balaban J connectivity index is 1.32. The van der Waals surface area contributed by atoms with Crippen LogP contribution >= 0.6 is 0 Å². The molecule has 0 aliphatic rings. The molecule has 0 aliphatic heterocycles. The third kappa shape index (κ3) is 7.64. The molecule has 1 heterocycles. The maximum absolute atomic E-state index is 15.1. The molecule has 0 atom stereocenters. The lowest BCUT2D eigenvalue weighted by atomic mass is 10.00. The van der Waals surface area contributed by atoms with Crippen molar-refractivity contribution in [3.05, 3.63) is 125 Å². The molecule has 0 saturated carbocycles.